The van der Waals surface area contributed by atoms with Crippen LogP contribution in [-0.4, -0.2) is 19.6 Å². The van der Waals surface area contributed by atoms with E-state index in [1.165, 1.54) is 19.3 Å². The first-order chi connectivity index (χ1) is 9.12. The summed E-state index contributed by atoms with van der Waals surface area (Å²) in [7, 11) is 1.55. The van der Waals surface area contributed by atoms with Crippen molar-refractivity contribution >= 4 is 11.6 Å². The van der Waals surface area contributed by atoms with E-state index in [1.807, 2.05) is 0 Å². The molecule has 4 heteroatoms. The van der Waals surface area contributed by atoms with E-state index in [-0.39, 0.29) is 5.91 Å². The lowest BCUT2D eigenvalue weighted by atomic mass is 9.67. The number of anilines is 1. The van der Waals surface area contributed by atoms with Crippen molar-refractivity contribution in [2.45, 2.75) is 32.6 Å². The molecule has 3 N–H and O–H groups in total. The number of nitrogens with one attached hydrogen (secondary N) is 1. The zero-order chi connectivity index (χ0) is 13.9. The molecule has 0 heterocycles. The maximum absolute atomic E-state index is 12.3. The Balaban J connectivity index is 2.08. The molecule has 0 aromatic heterocycles. The van der Waals surface area contributed by atoms with Gasteiger partial charge in [0.05, 0.1) is 7.11 Å². The highest BCUT2D eigenvalue weighted by molar-refractivity contribution is 6.01. The Kier molecular flexibility index (Phi) is 3.98. The summed E-state index contributed by atoms with van der Waals surface area (Å²) in [5, 5.41) is 3.01. The SMILES string of the molecule is CCC1(CNC(=O)c2c(N)cccc2OC)CCC1. The van der Waals surface area contributed by atoms with E-state index in [1.54, 1.807) is 25.3 Å². The minimum absolute atomic E-state index is 0.144. The average Bonchev–Trinajstić information content (AvgIpc) is 2.37. The molecular formula is C15H22N2O2. The summed E-state index contributed by atoms with van der Waals surface area (Å²) in [5.41, 5.74) is 7.07. The van der Waals surface area contributed by atoms with Crippen molar-refractivity contribution in [1.82, 2.24) is 5.32 Å². The van der Waals surface area contributed by atoms with Gasteiger partial charge in [-0.3, -0.25) is 4.79 Å². The lowest BCUT2D eigenvalue weighted by Crippen LogP contribution is -2.41. The molecule has 2 rings (SSSR count). The number of hydrogen-bond donors (Lipinski definition) is 2. The first-order valence-corrected chi connectivity index (χ1v) is 6.82. The minimum Gasteiger partial charge on any atom is -0.496 e. The largest absolute Gasteiger partial charge is 0.496 e. The van der Waals surface area contributed by atoms with Crippen molar-refractivity contribution in [3.8, 4) is 5.75 Å². The second-order valence-corrected chi connectivity index (χ2v) is 5.31. The molecule has 1 aliphatic rings. The molecule has 4 nitrogen and oxygen atoms in total. The van der Waals surface area contributed by atoms with Crippen molar-refractivity contribution in [2.24, 2.45) is 5.41 Å². The summed E-state index contributed by atoms with van der Waals surface area (Å²) in [6, 6.07) is 5.25. The second kappa shape index (κ2) is 5.51. The van der Waals surface area contributed by atoms with Gasteiger partial charge in [0.2, 0.25) is 0 Å². The van der Waals surface area contributed by atoms with Crippen LogP contribution in [-0.2, 0) is 0 Å². The molecule has 0 unspecified atom stereocenters. The topological polar surface area (TPSA) is 64.4 Å². The molecule has 0 spiro atoms. The number of benzene rings is 1. The van der Waals surface area contributed by atoms with Crippen LogP contribution in [0.1, 0.15) is 43.0 Å². The molecular weight excluding hydrogens is 240 g/mol. The standard InChI is InChI=1S/C15H22N2O2/c1-3-15(8-5-9-15)10-17-14(18)13-11(16)6-4-7-12(13)19-2/h4,6-7H,3,5,8-10,16H2,1-2H3,(H,17,18). The van der Waals surface area contributed by atoms with Crippen LogP contribution in [0.4, 0.5) is 5.69 Å². The smallest absolute Gasteiger partial charge is 0.257 e. The van der Waals surface area contributed by atoms with E-state index in [0.717, 1.165) is 13.0 Å². The van der Waals surface area contributed by atoms with Gasteiger partial charge in [-0.05, 0) is 36.8 Å². The Bertz CT molecular complexity index is 462. The number of ether oxygens (including phenoxy) is 1. The monoisotopic (exact) mass is 262 g/mol. The van der Waals surface area contributed by atoms with Crippen LogP contribution in [0.3, 0.4) is 0 Å². The molecule has 1 aromatic carbocycles. The van der Waals surface area contributed by atoms with Gasteiger partial charge in [-0.25, -0.2) is 0 Å². The summed E-state index contributed by atoms with van der Waals surface area (Å²) in [5.74, 6) is 0.381. The van der Waals surface area contributed by atoms with Gasteiger partial charge >= 0.3 is 0 Å². The van der Waals surface area contributed by atoms with Crippen LogP contribution in [0.2, 0.25) is 0 Å². The fourth-order valence-corrected chi connectivity index (χ4v) is 2.65. The summed E-state index contributed by atoms with van der Waals surface area (Å²) in [6.45, 7) is 2.91. The zero-order valence-electron chi connectivity index (χ0n) is 11.7. The van der Waals surface area contributed by atoms with Crippen molar-refractivity contribution in [3.63, 3.8) is 0 Å². The average molecular weight is 262 g/mol. The number of amides is 1. The Hall–Kier alpha value is -1.71. The number of nitrogen functional groups attached to an aromatic ring is 1. The number of rotatable bonds is 5. The molecule has 0 bridgehead atoms. The molecule has 0 saturated heterocycles. The zero-order valence-corrected chi connectivity index (χ0v) is 11.7. The fraction of sp³-hybridized carbons (Fsp3) is 0.533. The molecule has 104 valence electrons. The van der Waals surface area contributed by atoms with Crippen LogP contribution in [0, 0.1) is 5.41 Å². The van der Waals surface area contributed by atoms with Gasteiger partial charge in [0.25, 0.3) is 5.91 Å². The summed E-state index contributed by atoms with van der Waals surface area (Å²) < 4.78 is 5.21. The number of methoxy groups -OCH3 is 1. The van der Waals surface area contributed by atoms with Crippen LogP contribution in [0.15, 0.2) is 18.2 Å². The van der Waals surface area contributed by atoms with Crippen molar-refractivity contribution in [3.05, 3.63) is 23.8 Å². The van der Waals surface area contributed by atoms with Crippen molar-refractivity contribution in [2.75, 3.05) is 19.4 Å². The van der Waals surface area contributed by atoms with Gasteiger partial charge in [-0.2, -0.15) is 0 Å². The molecule has 0 radical (unpaired) electrons. The summed E-state index contributed by atoms with van der Waals surface area (Å²) >= 11 is 0. The molecule has 1 fully saturated rings. The molecule has 19 heavy (non-hydrogen) atoms. The highest BCUT2D eigenvalue weighted by Crippen LogP contribution is 2.43. The Morgan fingerprint density at radius 1 is 1.47 bits per heavy atom. The van der Waals surface area contributed by atoms with E-state index in [9.17, 15) is 4.79 Å². The Morgan fingerprint density at radius 2 is 2.21 bits per heavy atom. The number of hydrogen-bond acceptors (Lipinski definition) is 3. The van der Waals surface area contributed by atoms with Crippen molar-refractivity contribution < 1.29 is 9.53 Å². The highest BCUT2D eigenvalue weighted by Gasteiger charge is 2.35. The van der Waals surface area contributed by atoms with Crippen molar-refractivity contribution in [1.29, 1.82) is 0 Å². The summed E-state index contributed by atoms with van der Waals surface area (Å²) in [4.78, 5) is 12.3. The van der Waals surface area contributed by atoms with Crippen LogP contribution < -0.4 is 15.8 Å². The predicted octanol–water partition coefficient (Wildman–Crippen LogP) is 2.59. The van der Waals surface area contributed by atoms with Crippen LogP contribution in [0.5, 0.6) is 5.75 Å². The predicted molar refractivity (Wildman–Crippen MR) is 76.3 cm³/mol. The third-order valence-electron chi connectivity index (χ3n) is 4.29. The lowest BCUT2D eigenvalue weighted by Gasteiger charge is -2.41. The van der Waals surface area contributed by atoms with E-state index < -0.39 is 0 Å². The van der Waals surface area contributed by atoms with E-state index >= 15 is 0 Å². The van der Waals surface area contributed by atoms with Gasteiger partial charge in [-0.1, -0.05) is 19.4 Å². The number of carbonyl (C=O) groups is 1. The maximum Gasteiger partial charge on any atom is 0.257 e. The molecule has 0 aliphatic heterocycles. The first-order valence-electron chi connectivity index (χ1n) is 6.82. The first kappa shape index (κ1) is 13.7. The normalized spacial score (nSPS) is 16.5. The third-order valence-corrected chi connectivity index (χ3v) is 4.29. The Morgan fingerprint density at radius 3 is 2.74 bits per heavy atom. The van der Waals surface area contributed by atoms with Gasteiger partial charge < -0.3 is 15.8 Å². The molecule has 1 aliphatic carbocycles. The van der Waals surface area contributed by atoms with E-state index in [2.05, 4.69) is 12.2 Å². The number of carbonyl (C=O) groups excluding carboxylic acids is 1. The molecule has 1 amide bonds. The molecule has 1 saturated carbocycles. The van der Waals surface area contributed by atoms with E-state index in [4.69, 9.17) is 10.5 Å². The maximum atomic E-state index is 12.3. The van der Waals surface area contributed by atoms with Gasteiger partial charge in [-0.15, -0.1) is 0 Å². The third kappa shape index (κ3) is 2.67. The molecule has 0 atom stereocenters. The van der Waals surface area contributed by atoms with Gasteiger partial charge in [0.1, 0.15) is 11.3 Å². The van der Waals surface area contributed by atoms with Crippen LogP contribution in [0.25, 0.3) is 0 Å². The number of nitrogens with two attached hydrogens (primary N) is 1. The Labute approximate surface area is 114 Å². The van der Waals surface area contributed by atoms with Gasteiger partial charge in [0.15, 0.2) is 0 Å². The fourth-order valence-electron chi connectivity index (χ4n) is 2.65. The van der Waals surface area contributed by atoms with E-state index in [0.29, 0.717) is 22.4 Å². The minimum atomic E-state index is -0.144. The summed E-state index contributed by atoms with van der Waals surface area (Å²) in [6.07, 6.45) is 4.77. The highest BCUT2D eigenvalue weighted by atomic mass is 16.5. The second-order valence-electron chi connectivity index (χ2n) is 5.31. The lowest BCUT2D eigenvalue weighted by molar-refractivity contribution is 0.0848. The van der Waals surface area contributed by atoms with Gasteiger partial charge in [0, 0.05) is 12.2 Å². The quantitative estimate of drug-likeness (QED) is 0.802. The van der Waals surface area contributed by atoms with Crippen LogP contribution >= 0.6 is 0 Å². The molecule has 1 aromatic rings.